The molecule has 0 atom stereocenters. The second kappa shape index (κ2) is 9.27. The van der Waals surface area contributed by atoms with Crippen LogP contribution < -0.4 is 10.0 Å². The van der Waals surface area contributed by atoms with Gasteiger partial charge in [-0.25, -0.2) is 22.7 Å². The fraction of sp³-hybridized carbons (Fsp3) is 0.579. The average molecular weight is 412 g/mol. The van der Waals surface area contributed by atoms with Crippen LogP contribution in [0.2, 0.25) is 0 Å². The van der Waals surface area contributed by atoms with E-state index in [1.165, 1.54) is 4.90 Å². The monoisotopic (exact) mass is 411 g/mol. The van der Waals surface area contributed by atoms with Crippen molar-refractivity contribution in [2.75, 3.05) is 19.6 Å². The Labute approximate surface area is 166 Å². The fourth-order valence-corrected chi connectivity index (χ4v) is 4.01. The number of carbonyl (C=O) groups excluding carboxylic acids is 2. The molecule has 1 fully saturated rings. The van der Waals surface area contributed by atoms with Gasteiger partial charge < -0.3 is 15.0 Å². The molecule has 8 nitrogen and oxygen atoms in total. The smallest absolute Gasteiger partial charge is 0.407 e. The number of amides is 3. The zero-order chi connectivity index (χ0) is 20.8. The maximum absolute atomic E-state index is 12.3. The second-order valence-corrected chi connectivity index (χ2v) is 9.69. The van der Waals surface area contributed by atoms with Crippen LogP contribution in [0.4, 0.5) is 9.59 Å². The van der Waals surface area contributed by atoms with Gasteiger partial charge >= 0.3 is 12.1 Å². The zero-order valence-corrected chi connectivity index (χ0v) is 17.4. The molecule has 1 saturated heterocycles. The summed E-state index contributed by atoms with van der Waals surface area (Å²) in [6, 6.07) is 8.11. The number of hydrogen-bond acceptors (Lipinski definition) is 5. The molecule has 0 spiro atoms. The maximum atomic E-state index is 12.3. The number of ether oxygens (including phenoxy) is 1. The zero-order valence-electron chi connectivity index (χ0n) is 16.6. The number of sulfonamides is 1. The fourth-order valence-electron chi connectivity index (χ4n) is 2.91. The van der Waals surface area contributed by atoms with Crippen LogP contribution in [0.3, 0.4) is 0 Å². The van der Waals surface area contributed by atoms with Crippen molar-refractivity contribution < 1.29 is 22.7 Å². The summed E-state index contributed by atoms with van der Waals surface area (Å²) in [7, 11) is -3.75. The third kappa shape index (κ3) is 7.75. The van der Waals surface area contributed by atoms with Crippen LogP contribution in [-0.4, -0.2) is 50.7 Å². The van der Waals surface area contributed by atoms with E-state index >= 15 is 0 Å². The number of urea groups is 1. The SMILES string of the molecule is CC(C)(C)OC(=O)NCC1CCN(C(=O)NS(=O)(=O)Cc2ccccc2)CC1. The molecule has 0 radical (unpaired) electrons. The number of likely N-dealkylation sites (tertiary alicyclic amines) is 1. The van der Waals surface area contributed by atoms with Crippen LogP contribution in [0.5, 0.6) is 0 Å². The Kier molecular flexibility index (Phi) is 7.29. The van der Waals surface area contributed by atoms with E-state index in [0.717, 1.165) is 0 Å². The topological polar surface area (TPSA) is 105 Å². The molecule has 1 aliphatic heterocycles. The molecule has 1 aromatic carbocycles. The van der Waals surface area contributed by atoms with Crippen molar-refractivity contribution >= 4 is 22.1 Å². The molecule has 0 unspecified atom stereocenters. The summed E-state index contributed by atoms with van der Waals surface area (Å²) < 4.78 is 31.7. The Morgan fingerprint density at radius 3 is 2.32 bits per heavy atom. The van der Waals surface area contributed by atoms with E-state index in [4.69, 9.17) is 4.74 Å². The van der Waals surface area contributed by atoms with Gasteiger partial charge in [0.05, 0.1) is 5.75 Å². The first-order chi connectivity index (χ1) is 13.0. The molecule has 0 aliphatic carbocycles. The van der Waals surface area contributed by atoms with Gasteiger partial charge in [-0.15, -0.1) is 0 Å². The largest absolute Gasteiger partial charge is 0.444 e. The van der Waals surface area contributed by atoms with Gasteiger partial charge in [-0.05, 0) is 45.1 Å². The molecule has 0 aromatic heterocycles. The van der Waals surface area contributed by atoms with Crippen molar-refractivity contribution in [3.8, 4) is 0 Å². The number of rotatable bonds is 5. The van der Waals surface area contributed by atoms with E-state index in [9.17, 15) is 18.0 Å². The van der Waals surface area contributed by atoms with E-state index in [-0.39, 0.29) is 11.7 Å². The molecule has 3 amide bonds. The summed E-state index contributed by atoms with van der Waals surface area (Å²) in [5, 5.41) is 2.74. The van der Waals surface area contributed by atoms with Crippen molar-refractivity contribution in [3.05, 3.63) is 35.9 Å². The van der Waals surface area contributed by atoms with Gasteiger partial charge in [-0.2, -0.15) is 0 Å². The van der Waals surface area contributed by atoms with E-state index in [1.54, 1.807) is 51.1 Å². The molecular weight excluding hydrogens is 382 g/mol. The van der Waals surface area contributed by atoms with E-state index < -0.39 is 27.7 Å². The highest BCUT2D eigenvalue weighted by atomic mass is 32.2. The summed E-state index contributed by atoms with van der Waals surface area (Å²) in [5.74, 6) is -0.0203. The molecule has 1 aliphatic rings. The maximum Gasteiger partial charge on any atom is 0.407 e. The molecule has 156 valence electrons. The lowest BCUT2D eigenvalue weighted by Crippen LogP contribution is -2.48. The molecule has 1 heterocycles. The molecule has 9 heteroatoms. The first-order valence-corrected chi connectivity index (χ1v) is 11.0. The minimum Gasteiger partial charge on any atom is -0.444 e. The van der Waals surface area contributed by atoms with Gasteiger partial charge in [0.2, 0.25) is 10.0 Å². The van der Waals surface area contributed by atoms with Crippen LogP contribution in [0.25, 0.3) is 0 Å². The predicted molar refractivity (Wildman–Crippen MR) is 106 cm³/mol. The number of nitrogens with zero attached hydrogens (tertiary/aromatic N) is 1. The summed E-state index contributed by atoms with van der Waals surface area (Å²) >= 11 is 0. The summed E-state index contributed by atoms with van der Waals surface area (Å²) in [6.45, 7) is 6.75. The van der Waals surface area contributed by atoms with Gasteiger partial charge in [-0.3, -0.25) is 0 Å². The van der Waals surface area contributed by atoms with Crippen molar-refractivity contribution in [2.24, 2.45) is 5.92 Å². The van der Waals surface area contributed by atoms with Crippen molar-refractivity contribution in [1.82, 2.24) is 14.9 Å². The van der Waals surface area contributed by atoms with Gasteiger partial charge in [0.15, 0.2) is 0 Å². The number of benzene rings is 1. The van der Waals surface area contributed by atoms with Crippen molar-refractivity contribution in [2.45, 2.75) is 45.0 Å². The molecular formula is C19H29N3O5S. The lowest BCUT2D eigenvalue weighted by atomic mass is 9.97. The minimum atomic E-state index is -3.75. The number of piperidine rings is 1. The van der Waals surface area contributed by atoms with Gasteiger partial charge in [0.25, 0.3) is 0 Å². The number of hydrogen-bond donors (Lipinski definition) is 2. The molecule has 1 aromatic rings. The summed E-state index contributed by atoms with van der Waals surface area (Å²) in [4.78, 5) is 25.5. The third-order valence-electron chi connectivity index (χ3n) is 4.28. The normalized spacial score (nSPS) is 15.8. The molecule has 2 N–H and O–H groups in total. The van der Waals surface area contributed by atoms with Crippen LogP contribution in [0.15, 0.2) is 30.3 Å². The van der Waals surface area contributed by atoms with E-state index in [2.05, 4.69) is 10.0 Å². The molecule has 0 saturated carbocycles. The molecule has 2 rings (SSSR count). The third-order valence-corrected chi connectivity index (χ3v) is 5.48. The Morgan fingerprint density at radius 1 is 1.14 bits per heavy atom. The van der Waals surface area contributed by atoms with Crippen molar-refractivity contribution in [3.63, 3.8) is 0 Å². The average Bonchev–Trinajstić information content (AvgIpc) is 2.59. The quantitative estimate of drug-likeness (QED) is 0.774. The first-order valence-electron chi connectivity index (χ1n) is 9.34. The standard InChI is InChI=1S/C19H29N3O5S/c1-19(2,3)27-18(24)20-13-15-9-11-22(12-10-15)17(23)21-28(25,26)14-16-7-5-4-6-8-16/h4-8,15H,9-14H2,1-3H3,(H,20,24)(H,21,23). The van der Waals surface area contributed by atoms with Gasteiger partial charge in [-0.1, -0.05) is 30.3 Å². The van der Waals surface area contributed by atoms with E-state index in [0.29, 0.717) is 38.0 Å². The Hall–Kier alpha value is -2.29. The summed E-state index contributed by atoms with van der Waals surface area (Å²) in [6.07, 6.45) is 0.906. The number of nitrogens with one attached hydrogen (secondary N) is 2. The van der Waals surface area contributed by atoms with Crippen LogP contribution in [0.1, 0.15) is 39.2 Å². The second-order valence-electron chi connectivity index (χ2n) is 7.97. The Morgan fingerprint density at radius 2 is 1.75 bits per heavy atom. The highest BCUT2D eigenvalue weighted by Gasteiger charge is 2.26. The van der Waals surface area contributed by atoms with Crippen LogP contribution >= 0.6 is 0 Å². The van der Waals surface area contributed by atoms with E-state index in [1.807, 2.05) is 0 Å². The lowest BCUT2D eigenvalue weighted by molar-refractivity contribution is 0.0511. The summed E-state index contributed by atoms with van der Waals surface area (Å²) in [5.41, 5.74) is 0.0753. The lowest BCUT2D eigenvalue weighted by Gasteiger charge is -2.32. The highest BCUT2D eigenvalue weighted by molar-refractivity contribution is 7.89. The van der Waals surface area contributed by atoms with Crippen LogP contribution in [0, 0.1) is 5.92 Å². The predicted octanol–water partition coefficient (Wildman–Crippen LogP) is 2.46. The highest BCUT2D eigenvalue weighted by Crippen LogP contribution is 2.17. The van der Waals surface area contributed by atoms with Gasteiger partial charge in [0.1, 0.15) is 5.60 Å². The number of carbonyl (C=O) groups is 2. The van der Waals surface area contributed by atoms with Crippen molar-refractivity contribution in [1.29, 1.82) is 0 Å². The molecule has 28 heavy (non-hydrogen) atoms. The van der Waals surface area contributed by atoms with Crippen LogP contribution in [-0.2, 0) is 20.5 Å². The van der Waals surface area contributed by atoms with Gasteiger partial charge in [0, 0.05) is 19.6 Å². The Bertz CT molecular complexity index is 767. The number of alkyl carbamates (subject to hydrolysis) is 1. The minimum absolute atomic E-state index is 0.220. The molecule has 0 bridgehead atoms. The first kappa shape index (κ1) is 22.0. The Balaban J connectivity index is 1.75.